The molecule has 3 aromatic carbocycles. The summed E-state index contributed by atoms with van der Waals surface area (Å²) in [5.41, 5.74) is 4.72. The molecule has 1 aliphatic rings. The Morgan fingerprint density at radius 2 is 1.59 bits per heavy atom. The SMILES string of the molecule is COc1ccc(CCN2C(=O)C(C#N)=C(C)/C(=C\c3cn(-c4ccccc4)nc3-c3ccccc3)C2=O)cc1. The molecule has 7 nitrogen and oxygen atoms in total. The van der Waals surface area contributed by atoms with E-state index in [0.29, 0.717) is 28.8 Å². The average molecular weight is 515 g/mol. The summed E-state index contributed by atoms with van der Waals surface area (Å²) < 4.78 is 6.97. The number of hydrogen-bond acceptors (Lipinski definition) is 5. The van der Waals surface area contributed by atoms with Gasteiger partial charge in [0.25, 0.3) is 11.8 Å². The number of carbonyl (C=O) groups is 2. The number of aromatic nitrogens is 2. The van der Waals surface area contributed by atoms with Crippen LogP contribution in [0.3, 0.4) is 0 Å². The molecule has 1 aromatic heterocycles. The fourth-order valence-corrected chi connectivity index (χ4v) is 4.55. The van der Waals surface area contributed by atoms with Gasteiger partial charge in [-0.3, -0.25) is 14.5 Å². The summed E-state index contributed by atoms with van der Waals surface area (Å²) in [7, 11) is 1.60. The zero-order valence-corrected chi connectivity index (χ0v) is 21.7. The molecule has 2 amide bonds. The van der Waals surface area contributed by atoms with E-state index in [9.17, 15) is 14.9 Å². The van der Waals surface area contributed by atoms with Gasteiger partial charge in [-0.05, 0) is 54.8 Å². The molecule has 5 rings (SSSR count). The minimum Gasteiger partial charge on any atom is -0.497 e. The number of ether oxygens (including phenoxy) is 1. The van der Waals surface area contributed by atoms with Crippen molar-refractivity contribution in [2.75, 3.05) is 13.7 Å². The lowest BCUT2D eigenvalue weighted by Gasteiger charge is -2.27. The van der Waals surface area contributed by atoms with Crippen LogP contribution in [0, 0.1) is 11.3 Å². The first kappa shape index (κ1) is 25.4. The molecule has 2 heterocycles. The maximum atomic E-state index is 13.7. The molecular formula is C32H26N4O3. The minimum absolute atomic E-state index is 0.0349. The van der Waals surface area contributed by atoms with E-state index >= 15 is 0 Å². The lowest BCUT2D eigenvalue weighted by molar-refractivity contribution is -0.140. The van der Waals surface area contributed by atoms with Gasteiger partial charge in [-0.15, -0.1) is 0 Å². The molecule has 0 spiro atoms. The van der Waals surface area contributed by atoms with E-state index in [2.05, 4.69) is 0 Å². The Bertz CT molecular complexity index is 1630. The van der Waals surface area contributed by atoms with Gasteiger partial charge in [0.2, 0.25) is 0 Å². The Hall–Kier alpha value is -5.22. The summed E-state index contributed by atoms with van der Waals surface area (Å²) in [6, 6.07) is 28.9. The molecule has 0 saturated carbocycles. The van der Waals surface area contributed by atoms with Crippen molar-refractivity contribution in [1.29, 1.82) is 5.26 Å². The number of methoxy groups -OCH3 is 1. The summed E-state index contributed by atoms with van der Waals surface area (Å²) in [5, 5.41) is 14.6. The number of benzene rings is 3. The van der Waals surface area contributed by atoms with Crippen LogP contribution in [0.15, 0.2) is 108 Å². The van der Waals surface area contributed by atoms with Crippen LogP contribution in [0.5, 0.6) is 5.75 Å². The Morgan fingerprint density at radius 1 is 0.923 bits per heavy atom. The molecule has 0 unspecified atom stereocenters. The van der Waals surface area contributed by atoms with Gasteiger partial charge in [-0.1, -0.05) is 60.7 Å². The molecule has 0 bridgehead atoms. The number of para-hydroxylation sites is 1. The second-order valence-corrected chi connectivity index (χ2v) is 9.11. The van der Waals surface area contributed by atoms with Crippen molar-refractivity contribution in [3.63, 3.8) is 0 Å². The van der Waals surface area contributed by atoms with E-state index in [4.69, 9.17) is 9.84 Å². The molecular weight excluding hydrogens is 488 g/mol. The van der Waals surface area contributed by atoms with E-state index in [-0.39, 0.29) is 12.1 Å². The van der Waals surface area contributed by atoms with Crippen molar-refractivity contribution in [3.8, 4) is 28.8 Å². The fourth-order valence-electron chi connectivity index (χ4n) is 4.55. The molecule has 0 N–H and O–H groups in total. The first-order valence-corrected chi connectivity index (χ1v) is 12.5. The molecule has 1 aliphatic heterocycles. The molecule has 39 heavy (non-hydrogen) atoms. The number of amides is 2. The summed E-state index contributed by atoms with van der Waals surface area (Å²) in [6.07, 6.45) is 4.04. The van der Waals surface area contributed by atoms with Crippen LogP contribution < -0.4 is 4.74 Å². The van der Waals surface area contributed by atoms with E-state index < -0.39 is 11.8 Å². The standard InChI is InChI=1S/C32H26N4O3/c1-22-28(31(37)35(32(38)29(22)20-33)18-17-23-13-15-27(39-2)16-14-23)19-25-21-36(26-11-7-4-8-12-26)34-30(25)24-9-5-3-6-10-24/h3-16,19,21H,17-18H2,1-2H3/b28-19+. The van der Waals surface area contributed by atoms with Crippen molar-refractivity contribution < 1.29 is 14.3 Å². The fraction of sp³-hybridized carbons (Fsp3) is 0.125. The smallest absolute Gasteiger partial charge is 0.271 e. The van der Waals surface area contributed by atoms with E-state index in [1.165, 1.54) is 0 Å². The Morgan fingerprint density at radius 3 is 2.23 bits per heavy atom. The van der Waals surface area contributed by atoms with Crippen LogP contribution in [-0.4, -0.2) is 40.1 Å². The second-order valence-electron chi connectivity index (χ2n) is 9.11. The summed E-state index contributed by atoms with van der Waals surface area (Å²) in [6.45, 7) is 1.79. The number of nitrogens with zero attached hydrogens (tertiary/aromatic N) is 4. The van der Waals surface area contributed by atoms with Crippen LogP contribution in [0.25, 0.3) is 23.0 Å². The van der Waals surface area contributed by atoms with Crippen LogP contribution in [0.1, 0.15) is 18.1 Å². The quantitative estimate of drug-likeness (QED) is 0.244. The zero-order valence-electron chi connectivity index (χ0n) is 21.7. The average Bonchev–Trinajstić information content (AvgIpc) is 3.41. The number of rotatable bonds is 7. The summed E-state index contributed by atoms with van der Waals surface area (Å²) >= 11 is 0. The molecule has 0 atom stereocenters. The van der Waals surface area contributed by atoms with E-state index in [1.807, 2.05) is 97.2 Å². The lowest BCUT2D eigenvalue weighted by atomic mass is 9.93. The van der Waals surface area contributed by atoms with Gasteiger partial charge in [-0.2, -0.15) is 10.4 Å². The normalized spacial score (nSPS) is 14.6. The highest BCUT2D eigenvalue weighted by atomic mass is 16.5. The van der Waals surface area contributed by atoms with Gasteiger partial charge in [0.1, 0.15) is 17.4 Å². The van der Waals surface area contributed by atoms with Crippen molar-refractivity contribution >= 4 is 17.9 Å². The van der Waals surface area contributed by atoms with Gasteiger partial charge >= 0.3 is 0 Å². The topological polar surface area (TPSA) is 88.2 Å². The number of nitriles is 1. The van der Waals surface area contributed by atoms with Crippen LogP contribution in [0.4, 0.5) is 0 Å². The molecule has 0 aliphatic carbocycles. The molecule has 0 radical (unpaired) electrons. The van der Waals surface area contributed by atoms with Gasteiger partial charge in [0.15, 0.2) is 0 Å². The number of hydrogen-bond donors (Lipinski definition) is 0. The van der Waals surface area contributed by atoms with Crippen molar-refractivity contribution in [3.05, 3.63) is 119 Å². The van der Waals surface area contributed by atoms with Gasteiger partial charge in [-0.25, -0.2) is 4.68 Å². The van der Waals surface area contributed by atoms with Gasteiger partial charge < -0.3 is 4.74 Å². The van der Waals surface area contributed by atoms with Crippen LogP contribution in [0.2, 0.25) is 0 Å². The third-order valence-corrected chi connectivity index (χ3v) is 6.72. The lowest BCUT2D eigenvalue weighted by Crippen LogP contribution is -2.43. The maximum absolute atomic E-state index is 13.7. The molecule has 192 valence electrons. The highest BCUT2D eigenvalue weighted by Crippen LogP contribution is 2.31. The summed E-state index contributed by atoms with van der Waals surface area (Å²) in [5.74, 6) is -0.282. The third-order valence-electron chi connectivity index (χ3n) is 6.72. The number of carbonyl (C=O) groups excluding carboxylic acids is 2. The number of imide groups is 1. The van der Waals surface area contributed by atoms with Crippen molar-refractivity contribution in [2.45, 2.75) is 13.3 Å². The van der Waals surface area contributed by atoms with E-state index in [0.717, 1.165) is 27.5 Å². The van der Waals surface area contributed by atoms with E-state index in [1.54, 1.807) is 24.8 Å². The first-order valence-electron chi connectivity index (χ1n) is 12.5. The highest BCUT2D eigenvalue weighted by Gasteiger charge is 2.35. The van der Waals surface area contributed by atoms with Crippen LogP contribution >= 0.6 is 0 Å². The Kier molecular flexibility index (Phi) is 7.19. The predicted octanol–water partition coefficient (Wildman–Crippen LogP) is 5.38. The molecule has 4 aromatic rings. The van der Waals surface area contributed by atoms with Crippen LogP contribution in [-0.2, 0) is 16.0 Å². The third kappa shape index (κ3) is 5.13. The van der Waals surface area contributed by atoms with Crippen molar-refractivity contribution in [1.82, 2.24) is 14.7 Å². The molecule has 7 heteroatoms. The maximum Gasteiger partial charge on any atom is 0.271 e. The monoisotopic (exact) mass is 514 g/mol. The largest absolute Gasteiger partial charge is 0.497 e. The zero-order chi connectivity index (χ0) is 27.4. The first-order chi connectivity index (χ1) is 19.0. The minimum atomic E-state index is -0.575. The predicted molar refractivity (Wildman–Crippen MR) is 149 cm³/mol. The summed E-state index contributed by atoms with van der Waals surface area (Å²) in [4.78, 5) is 28.0. The highest BCUT2D eigenvalue weighted by molar-refractivity contribution is 6.19. The van der Waals surface area contributed by atoms with Crippen molar-refractivity contribution in [2.24, 2.45) is 0 Å². The van der Waals surface area contributed by atoms with Gasteiger partial charge in [0, 0.05) is 29.4 Å². The molecule has 0 fully saturated rings. The van der Waals surface area contributed by atoms with Gasteiger partial charge in [0.05, 0.1) is 18.5 Å². The Balaban J connectivity index is 1.55. The molecule has 0 saturated heterocycles. The Labute approximate surface area is 226 Å². The second kappa shape index (κ2) is 11.0.